The molecule has 0 amide bonds. The van der Waals surface area contributed by atoms with E-state index in [2.05, 4.69) is 18.7 Å². The lowest BCUT2D eigenvalue weighted by atomic mass is 9.94. The fourth-order valence-corrected chi connectivity index (χ4v) is 2.04. The highest BCUT2D eigenvalue weighted by molar-refractivity contribution is 5.57. The van der Waals surface area contributed by atoms with Crippen molar-refractivity contribution in [3.05, 3.63) is 0 Å². The normalized spacial score (nSPS) is 30.3. The lowest BCUT2D eigenvalue weighted by molar-refractivity contribution is -0.114. The number of likely N-dealkylation sites (tertiary alicyclic amines) is 1. The fraction of sp³-hybridized carbons (Fsp3) is 0.909. The minimum atomic E-state index is 0.211. The monoisotopic (exact) mass is 183 g/mol. The van der Waals surface area contributed by atoms with E-state index >= 15 is 0 Å². The Balaban J connectivity index is 2.39. The van der Waals surface area contributed by atoms with Crippen LogP contribution in [0.2, 0.25) is 0 Å². The Kier molecular flexibility index (Phi) is 4.43. The standard InChI is InChI=1S/C11H21NO/c1-3-4-7-12-8-10(2)5-6-11(12)9-13/h9-11H,3-8H2,1-2H3. The van der Waals surface area contributed by atoms with Crippen LogP contribution in [0.15, 0.2) is 0 Å². The van der Waals surface area contributed by atoms with E-state index in [0.29, 0.717) is 0 Å². The number of nitrogens with zero attached hydrogens (tertiary/aromatic N) is 1. The zero-order valence-electron chi connectivity index (χ0n) is 8.83. The molecule has 0 saturated carbocycles. The quantitative estimate of drug-likeness (QED) is 0.622. The van der Waals surface area contributed by atoms with Crippen molar-refractivity contribution in [1.82, 2.24) is 4.90 Å². The zero-order chi connectivity index (χ0) is 9.68. The molecule has 2 unspecified atom stereocenters. The Morgan fingerprint density at radius 1 is 1.46 bits per heavy atom. The van der Waals surface area contributed by atoms with Gasteiger partial charge in [-0.25, -0.2) is 0 Å². The van der Waals surface area contributed by atoms with Gasteiger partial charge in [-0.2, -0.15) is 0 Å². The van der Waals surface area contributed by atoms with E-state index in [1.165, 1.54) is 19.3 Å². The second kappa shape index (κ2) is 5.38. The SMILES string of the molecule is CCCCN1CC(C)CCC1C=O. The topological polar surface area (TPSA) is 20.3 Å². The van der Waals surface area contributed by atoms with Crippen LogP contribution in [0.5, 0.6) is 0 Å². The average Bonchev–Trinajstić information content (AvgIpc) is 2.15. The smallest absolute Gasteiger partial charge is 0.137 e. The Morgan fingerprint density at radius 2 is 2.23 bits per heavy atom. The summed E-state index contributed by atoms with van der Waals surface area (Å²) in [6.07, 6.45) is 5.84. The van der Waals surface area contributed by atoms with Gasteiger partial charge in [0.15, 0.2) is 0 Å². The van der Waals surface area contributed by atoms with Crippen molar-refractivity contribution >= 4 is 6.29 Å². The summed E-state index contributed by atoms with van der Waals surface area (Å²) in [5.41, 5.74) is 0. The predicted octanol–water partition coefficient (Wildman–Crippen LogP) is 2.09. The molecule has 1 aliphatic heterocycles. The fourth-order valence-electron chi connectivity index (χ4n) is 2.04. The van der Waals surface area contributed by atoms with Crippen molar-refractivity contribution in [3.63, 3.8) is 0 Å². The molecule has 1 aliphatic rings. The average molecular weight is 183 g/mol. The molecule has 0 N–H and O–H groups in total. The van der Waals surface area contributed by atoms with Gasteiger partial charge >= 0.3 is 0 Å². The van der Waals surface area contributed by atoms with E-state index in [0.717, 1.165) is 31.7 Å². The van der Waals surface area contributed by atoms with Gasteiger partial charge in [-0.15, -0.1) is 0 Å². The highest BCUT2D eigenvalue weighted by Crippen LogP contribution is 2.20. The summed E-state index contributed by atoms with van der Waals surface area (Å²) >= 11 is 0. The molecule has 0 spiro atoms. The number of hydrogen-bond donors (Lipinski definition) is 0. The van der Waals surface area contributed by atoms with E-state index in [9.17, 15) is 4.79 Å². The van der Waals surface area contributed by atoms with Crippen LogP contribution < -0.4 is 0 Å². The first-order chi connectivity index (χ1) is 6.27. The first-order valence-electron chi connectivity index (χ1n) is 5.47. The van der Waals surface area contributed by atoms with Crippen LogP contribution in [0.3, 0.4) is 0 Å². The molecule has 1 rings (SSSR count). The molecular weight excluding hydrogens is 162 g/mol. The summed E-state index contributed by atoms with van der Waals surface area (Å²) in [5.74, 6) is 0.771. The van der Waals surface area contributed by atoms with Crippen LogP contribution in [0.4, 0.5) is 0 Å². The summed E-state index contributed by atoms with van der Waals surface area (Å²) in [5, 5.41) is 0. The van der Waals surface area contributed by atoms with Gasteiger partial charge in [0.25, 0.3) is 0 Å². The molecule has 1 fully saturated rings. The van der Waals surface area contributed by atoms with Gasteiger partial charge < -0.3 is 4.79 Å². The largest absolute Gasteiger partial charge is 0.302 e. The molecule has 0 aromatic heterocycles. The minimum absolute atomic E-state index is 0.211. The Labute approximate surface area is 81.3 Å². The van der Waals surface area contributed by atoms with Crippen molar-refractivity contribution in [1.29, 1.82) is 0 Å². The van der Waals surface area contributed by atoms with Gasteiger partial charge in [0.2, 0.25) is 0 Å². The van der Waals surface area contributed by atoms with Crippen molar-refractivity contribution in [3.8, 4) is 0 Å². The van der Waals surface area contributed by atoms with Crippen molar-refractivity contribution in [2.24, 2.45) is 5.92 Å². The molecule has 0 bridgehead atoms. The van der Waals surface area contributed by atoms with Gasteiger partial charge in [-0.3, -0.25) is 4.90 Å². The Bertz CT molecular complexity index is 158. The van der Waals surface area contributed by atoms with Crippen molar-refractivity contribution < 1.29 is 4.79 Å². The van der Waals surface area contributed by atoms with Crippen LogP contribution >= 0.6 is 0 Å². The molecule has 2 nitrogen and oxygen atoms in total. The van der Waals surface area contributed by atoms with E-state index in [-0.39, 0.29) is 6.04 Å². The second-order valence-corrected chi connectivity index (χ2v) is 4.23. The maximum absolute atomic E-state index is 10.8. The zero-order valence-corrected chi connectivity index (χ0v) is 8.83. The van der Waals surface area contributed by atoms with E-state index < -0.39 is 0 Å². The molecule has 76 valence electrons. The van der Waals surface area contributed by atoms with Gasteiger partial charge in [0.1, 0.15) is 6.29 Å². The third kappa shape index (κ3) is 3.11. The Morgan fingerprint density at radius 3 is 2.85 bits per heavy atom. The maximum Gasteiger partial charge on any atom is 0.137 e. The number of carbonyl (C=O) groups excluding carboxylic acids is 1. The molecule has 1 saturated heterocycles. The van der Waals surface area contributed by atoms with Gasteiger partial charge in [-0.05, 0) is 31.7 Å². The number of carbonyl (C=O) groups is 1. The molecule has 0 aromatic carbocycles. The lowest BCUT2D eigenvalue weighted by Gasteiger charge is -2.35. The highest BCUT2D eigenvalue weighted by atomic mass is 16.1. The minimum Gasteiger partial charge on any atom is -0.302 e. The number of unbranched alkanes of at least 4 members (excludes halogenated alkanes) is 1. The molecular formula is C11H21NO. The van der Waals surface area contributed by atoms with Crippen LogP contribution in [-0.4, -0.2) is 30.3 Å². The molecule has 2 heteroatoms. The van der Waals surface area contributed by atoms with Crippen molar-refractivity contribution in [2.75, 3.05) is 13.1 Å². The molecule has 0 aliphatic carbocycles. The van der Waals surface area contributed by atoms with Crippen LogP contribution in [0, 0.1) is 5.92 Å². The summed E-state index contributed by atoms with van der Waals surface area (Å²) in [6, 6.07) is 0.211. The molecule has 0 aromatic rings. The van der Waals surface area contributed by atoms with Crippen LogP contribution in [0.1, 0.15) is 39.5 Å². The maximum atomic E-state index is 10.8. The number of aldehydes is 1. The van der Waals surface area contributed by atoms with E-state index in [1.807, 2.05) is 0 Å². The first kappa shape index (κ1) is 10.7. The Hall–Kier alpha value is -0.370. The molecule has 13 heavy (non-hydrogen) atoms. The van der Waals surface area contributed by atoms with Gasteiger partial charge in [0.05, 0.1) is 6.04 Å². The number of hydrogen-bond acceptors (Lipinski definition) is 2. The third-order valence-electron chi connectivity index (χ3n) is 2.93. The third-order valence-corrected chi connectivity index (χ3v) is 2.93. The number of piperidine rings is 1. The highest BCUT2D eigenvalue weighted by Gasteiger charge is 2.24. The summed E-state index contributed by atoms with van der Waals surface area (Å²) < 4.78 is 0. The van der Waals surface area contributed by atoms with Crippen molar-refractivity contribution in [2.45, 2.75) is 45.6 Å². The molecule has 2 atom stereocenters. The summed E-state index contributed by atoms with van der Waals surface area (Å²) in [6.45, 7) is 6.69. The van der Waals surface area contributed by atoms with Crippen LogP contribution in [-0.2, 0) is 4.79 Å². The first-order valence-corrected chi connectivity index (χ1v) is 5.47. The van der Waals surface area contributed by atoms with E-state index in [4.69, 9.17) is 0 Å². The second-order valence-electron chi connectivity index (χ2n) is 4.23. The van der Waals surface area contributed by atoms with Gasteiger partial charge in [-0.1, -0.05) is 20.3 Å². The van der Waals surface area contributed by atoms with Gasteiger partial charge in [0, 0.05) is 6.54 Å². The van der Waals surface area contributed by atoms with Crippen LogP contribution in [0.25, 0.3) is 0 Å². The summed E-state index contributed by atoms with van der Waals surface area (Å²) in [4.78, 5) is 13.2. The predicted molar refractivity (Wildman–Crippen MR) is 54.7 cm³/mol. The lowest BCUT2D eigenvalue weighted by Crippen LogP contribution is -2.44. The molecule has 1 heterocycles. The summed E-state index contributed by atoms with van der Waals surface area (Å²) in [7, 11) is 0. The number of rotatable bonds is 4. The van der Waals surface area contributed by atoms with E-state index in [1.54, 1.807) is 0 Å². The molecule has 0 radical (unpaired) electrons.